The number of aromatic nitrogens is 3. The molecule has 114 valence electrons. The van der Waals surface area contributed by atoms with E-state index in [0.717, 1.165) is 4.57 Å². The topological polar surface area (TPSA) is 66.0 Å². The SMILES string of the molecule is [2H]c1c(C)c2c(=O)n(CCCCC(=O)C([2H])([2H])[2H])c(=O)n(C([2H])([2H])[2H])c2n1C. The summed E-state index contributed by atoms with van der Waals surface area (Å²) in [5.74, 6) is -0.909. The molecule has 0 aromatic carbocycles. The van der Waals surface area contributed by atoms with Crippen LogP contribution in [0.15, 0.2) is 15.8 Å². The first-order valence-electron chi connectivity index (χ1n) is 10.0. The molecule has 0 unspecified atom stereocenters. The fourth-order valence-corrected chi connectivity index (χ4v) is 2.40. The summed E-state index contributed by atoms with van der Waals surface area (Å²) in [6, 6.07) is 0. The van der Waals surface area contributed by atoms with Gasteiger partial charge in [-0.15, -0.1) is 0 Å². The Bertz CT molecular complexity index is 1040. The van der Waals surface area contributed by atoms with E-state index >= 15 is 0 Å². The van der Waals surface area contributed by atoms with E-state index in [9.17, 15) is 14.4 Å². The van der Waals surface area contributed by atoms with E-state index in [1.807, 2.05) is 0 Å². The normalized spacial score (nSPS) is 17.3. The molecule has 0 amide bonds. The van der Waals surface area contributed by atoms with Crippen LogP contribution in [0.5, 0.6) is 0 Å². The summed E-state index contributed by atoms with van der Waals surface area (Å²) in [4.78, 5) is 37.0. The zero-order valence-corrected chi connectivity index (χ0v) is 11.9. The summed E-state index contributed by atoms with van der Waals surface area (Å²) in [5, 5.41) is -0.0261. The molecular weight excluding hydrogens is 270 g/mol. The van der Waals surface area contributed by atoms with Gasteiger partial charge in [-0.1, -0.05) is 0 Å². The lowest BCUT2D eigenvalue weighted by atomic mass is 10.2. The molecule has 6 heteroatoms. The molecule has 0 aliphatic carbocycles. The van der Waals surface area contributed by atoms with E-state index in [4.69, 9.17) is 9.60 Å². The zero-order valence-electron chi connectivity index (χ0n) is 18.9. The van der Waals surface area contributed by atoms with E-state index < -0.39 is 30.9 Å². The summed E-state index contributed by atoms with van der Waals surface area (Å²) in [6.07, 6.45) is -0.0389. The van der Waals surface area contributed by atoms with Crippen LogP contribution in [0.3, 0.4) is 0 Å². The number of rotatable bonds is 5. The van der Waals surface area contributed by atoms with E-state index in [1.54, 1.807) is 0 Å². The molecule has 0 N–H and O–H groups in total. The second kappa shape index (κ2) is 5.71. The Labute approximate surface area is 132 Å². The quantitative estimate of drug-likeness (QED) is 0.777. The predicted octanol–water partition coefficient (Wildman–Crippen LogP) is 1.11. The van der Waals surface area contributed by atoms with Crippen LogP contribution in [0.1, 0.15) is 41.3 Å². The number of carbonyl (C=O) groups excluding carboxylic acids is 1. The highest BCUT2D eigenvalue weighted by molar-refractivity contribution is 5.79. The number of hydrogen-bond donors (Lipinski definition) is 0. The van der Waals surface area contributed by atoms with Crippen molar-refractivity contribution in [3.8, 4) is 0 Å². The van der Waals surface area contributed by atoms with Gasteiger partial charge in [-0.3, -0.25) is 13.9 Å². The first-order chi connectivity index (χ1) is 12.7. The van der Waals surface area contributed by atoms with E-state index in [2.05, 4.69) is 0 Å². The third kappa shape index (κ3) is 2.70. The number of fused-ring (bicyclic) bond motifs is 1. The van der Waals surface area contributed by atoms with Crippen LogP contribution in [0.2, 0.25) is 0 Å². The van der Waals surface area contributed by atoms with Crippen LogP contribution in [0.4, 0.5) is 0 Å². The number of hydrogen-bond acceptors (Lipinski definition) is 3. The van der Waals surface area contributed by atoms with Gasteiger partial charge in [-0.2, -0.15) is 0 Å². The molecule has 2 rings (SSSR count). The lowest BCUT2D eigenvalue weighted by molar-refractivity contribution is -0.117. The van der Waals surface area contributed by atoms with Gasteiger partial charge in [0.1, 0.15) is 11.4 Å². The molecule has 0 saturated heterocycles. The average molecular weight is 298 g/mol. The van der Waals surface area contributed by atoms with Crippen LogP contribution >= 0.6 is 0 Å². The van der Waals surface area contributed by atoms with Gasteiger partial charge in [0.05, 0.1) is 6.76 Å². The molecule has 6 nitrogen and oxygen atoms in total. The number of ketones is 1. The standard InChI is InChI=1S/C15H21N3O3/c1-10-9-16(3)13-12(10)14(20)18(15(21)17(13)4)8-6-5-7-11(2)19/h9H,5-8H2,1-4H3/i2D3,4D3,9D. The Morgan fingerprint density at radius 1 is 1.38 bits per heavy atom. The maximum absolute atomic E-state index is 12.8. The Morgan fingerprint density at radius 3 is 2.81 bits per heavy atom. The predicted molar refractivity (Wildman–Crippen MR) is 81.7 cm³/mol. The molecule has 0 saturated carbocycles. The third-order valence-corrected chi connectivity index (χ3v) is 3.38. The first-order valence-corrected chi connectivity index (χ1v) is 6.54. The Hall–Kier alpha value is -2.11. The summed E-state index contributed by atoms with van der Waals surface area (Å²) in [6.45, 7) is -4.23. The monoisotopic (exact) mass is 298 g/mol. The number of unbranched alkanes of at least 4 members (excludes halogenated alkanes) is 1. The van der Waals surface area contributed by atoms with Gasteiger partial charge in [0.2, 0.25) is 0 Å². The van der Waals surface area contributed by atoms with Gasteiger partial charge in [0, 0.05) is 41.4 Å². The summed E-state index contributed by atoms with van der Waals surface area (Å²) in [5.41, 5.74) is -1.65. The third-order valence-electron chi connectivity index (χ3n) is 3.38. The molecule has 0 aliphatic rings. The van der Waals surface area contributed by atoms with Crippen molar-refractivity contribution in [3.63, 3.8) is 0 Å². The largest absolute Gasteiger partial charge is 0.336 e. The number of aryl methyl sites for hydroxylation is 3. The van der Waals surface area contributed by atoms with Crippen molar-refractivity contribution in [1.29, 1.82) is 0 Å². The number of carbonyl (C=O) groups is 1. The van der Waals surface area contributed by atoms with Crippen LogP contribution in [0, 0.1) is 6.92 Å². The van der Waals surface area contributed by atoms with E-state index in [-0.39, 0.29) is 48.6 Å². The smallest absolute Gasteiger partial charge is 0.332 e. The maximum atomic E-state index is 12.8. The molecule has 0 aliphatic heterocycles. The molecule has 0 atom stereocenters. The van der Waals surface area contributed by atoms with Gasteiger partial charge in [0.25, 0.3) is 5.56 Å². The van der Waals surface area contributed by atoms with Crippen molar-refractivity contribution in [2.75, 3.05) is 0 Å². The van der Waals surface area contributed by atoms with Gasteiger partial charge < -0.3 is 9.36 Å². The Morgan fingerprint density at radius 2 is 2.14 bits per heavy atom. The van der Waals surface area contributed by atoms with Gasteiger partial charge in [-0.25, -0.2) is 4.79 Å². The van der Waals surface area contributed by atoms with Crippen molar-refractivity contribution < 1.29 is 14.4 Å². The Balaban J connectivity index is 2.51. The molecule has 0 bridgehead atoms. The second-order valence-corrected chi connectivity index (χ2v) is 4.95. The average Bonchev–Trinajstić information content (AvgIpc) is 2.76. The highest BCUT2D eigenvalue weighted by Crippen LogP contribution is 2.13. The van der Waals surface area contributed by atoms with Crippen molar-refractivity contribution in [2.24, 2.45) is 14.0 Å². The molecule has 0 radical (unpaired) electrons. The summed E-state index contributed by atoms with van der Waals surface area (Å²) in [7, 11) is 1.41. The fourth-order valence-electron chi connectivity index (χ4n) is 2.40. The van der Waals surface area contributed by atoms with Crippen LogP contribution < -0.4 is 11.2 Å². The molecule has 21 heavy (non-hydrogen) atoms. The first kappa shape index (κ1) is 8.36. The van der Waals surface area contributed by atoms with Crippen LogP contribution in [-0.2, 0) is 25.4 Å². The summed E-state index contributed by atoms with van der Waals surface area (Å²) >= 11 is 0. The van der Waals surface area contributed by atoms with Crippen molar-refractivity contribution in [3.05, 3.63) is 32.6 Å². The van der Waals surface area contributed by atoms with Gasteiger partial charge in [-0.05, 0) is 32.2 Å². The highest BCUT2D eigenvalue weighted by Gasteiger charge is 2.15. The van der Waals surface area contributed by atoms with Gasteiger partial charge >= 0.3 is 5.69 Å². The van der Waals surface area contributed by atoms with Crippen molar-refractivity contribution in [1.82, 2.24) is 13.7 Å². The lowest BCUT2D eigenvalue weighted by Gasteiger charge is -2.09. The molecule has 2 heterocycles. The molecule has 0 spiro atoms. The van der Waals surface area contributed by atoms with Crippen molar-refractivity contribution >= 4 is 16.8 Å². The maximum Gasteiger partial charge on any atom is 0.332 e. The second-order valence-electron chi connectivity index (χ2n) is 4.95. The fraction of sp³-hybridized carbons (Fsp3) is 0.533. The van der Waals surface area contributed by atoms with E-state index in [0.29, 0.717) is 4.57 Å². The molecule has 0 fully saturated rings. The zero-order chi connectivity index (χ0) is 21.6. The van der Waals surface area contributed by atoms with Crippen LogP contribution in [-0.4, -0.2) is 19.5 Å². The Kier molecular flexibility index (Phi) is 2.27. The molecule has 2 aromatic heterocycles. The van der Waals surface area contributed by atoms with Gasteiger partial charge in [0.15, 0.2) is 0 Å². The lowest BCUT2D eigenvalue weighted by Crippen LogP contribution is -2.39. The molecule has 2 aromatic rings. The molecular formula is C15H21N3O3. The number of nitrogens with zero attached hydrogens (tertiary/aromatic N) is 3. The highest BCUT2D eigenvalue weighted by atomic mass is 16.2. The minimum Gasteiger partial charge on any atom is -0.336 e. The van der Waals surface area contributed by atoms with Crippen molar-refractivity contribution in [2.45, 2.75) is 39.6 Å². The van der Waals surface area contributed by atoms with E-state index in [1.165, 1.54) is 18.5 Å². The van der Waals surface area contributed by atoms with Crippen LogP contribution in [0.25, 0.3) is 11.0 Å². The summed E-state index contributed by atoms with van der Waals surface area (Å²) < 4.78 is 54.6. The minimum atomic E-state index is -2.87. The minimum absolute atomic E-state index is 0.0261. The number of Topliss-reactive ketones (excluding diaryl/α,β-unsaturated/α-hetero) is 1.